The van der Waals surface area contributed by atoms with Crippen molar-refractivity contribution in [3.8, 4) is 23.1 Å². The lowest BCUT2D eigenvalue weighted by atomic mass is 9.99. The molecule has 0 unspecified atom stereocenters. The van der Waals surface area contributed by atoms with E-state index < -0.39 is 5.60 Å². The molecule has 144 valence electrons. The molecule has 3 N–H and O–H groups in total. The van der Waals surface area contributed by atoms with E-state index in [9.17, 15) is 9.90 Å². The van der Waals surface area contributed by atoms with Crippen LogP contribution in [0.15, 0.2) is 30.3 Å². The number of likely N-dealkylation sites (tertiary alicyclic amines) is 1. The molecular formula is C21H20BN5O2. The number of fused-ring (bicyclic) bond motifs is 1. The van der Waals surface area contributed by atoms with Gasteiger partial charge in [-0.25, -0.2) is 15.0 Å². The Labute approximate surface area is 169 Å². The third kappa shape index (κ3) is 3.41. The molecule has 1 atom stereocenters. The number of carbonyl (C=O) groups is 1. The van der Waals surface area contributed by atoms with Crippen molar-refractivity contribution in [2.75, 3.05) is 19.3 Å². The maximum Gasteiger partial charge on any atom is 0.267 e. The van der Waals surface area contributed by atoms with E-state index >= 15 is 0 Å². The largest absolute Gasteiger partial charge is 0.382 e. The van der Waals surface area contributed by atoms with Gasteiger partial charge in [0.2, 0.25) is 5.60 Å². The molecule has 3 aromatic rings. The zero-order chi connectivity index (χ0) is 20.8. The fraction of sp³-hybridized carbons (Fsp3) is 0.238. The maximum absolute atomic E-state index is 12.1. The van der Waals surface area contributed by atoms with Gasteiger partial charge in [-0.3, -0.25) is 4.79 Å². The van der Waals surface area contributed by atoms with E-state index in [4.69, 9.17) is 5.73 Å². The summed E-state index contributed by atoms with van der Waals surface area (Å²) in [7, 11) is 3.45. The molecule has 1 aliphatic heterocycles. The predicted octanol–water partition coefficient (Wildman–Crippen LogP) is -0.214. The van der Waals surface area contributed by atoms with Crippen LogP contribution in [0.4, 0.5) is 5.82 Å². The van der Waals surface area contributed by atoms with Gasteiger partial charge in [-0.05, 0) is 36.8 Å². The molecule has 4 rings (SSSR count). The number of nitrogens with two attached hydrogens (primary N) is 1. The van der Waals surface area contributed by atoms with Crippen LogP contribution in [0.25, 0.3) is 22.3 Å². The van der Waals surface area contributed by atoms with Crippen molar-refractivity contribution in [1.29, 1.82) is 0 Å². The lowest BCUT2D eigenvalue weighted by molar-refractivity contribution is -0.137. The summed E-state index contributed by atoms with van der Waals surface area (Å²) in [6, 6.07) is 9.45. The van der Waals surface area contributed by atoms with E-state index in [1.54, 1.807) is 14.9 Å². The summed E-state index contributed by atoms with van der Waals surface area (Å²) in [6.45, 7) is 2.48. The van der Waals surface area contributed by atoms with Crippen LogP contribution in [0.1, 0.15) is 17.5 Å². The van der Waals surface area contributed by atoms with Gasteiger partial charge in [0.15, 0.2) is 13.7 Å². The molecule has 0 aliphatic carbocycles. The number of aryl methyl sites for hydroxylation is 1. The van der Waals surface area contributed by atoms with Gasteiger partial charge in [0.25, 0.3) is 5.91 Å². The molecular weight excluding hydrogens is 365 g/mol. The minimum absolute atomic E-state index is 0.305. The molecule has 1 saturated heterocycles. The number of aromatic nitrogens is 3. The summed E-state index contributed by atoms with van der Waals surface area (Å²) >= 11 is 0. The number of benzene rings is 1. The summed E-state index contributed by atoms with van der Waals surface area (Å²) in [5, 5.41) is 10.5. The molecule has 2 aromatic heterocycles. The fourth-order valence-corrected chi connectivity index (χ4v) is 3.43. The monoisotopic (exact) mass is 385 g/mol. The van der Waals surface area contributed by atoms with Crippen molar-refractivity contribution < 1.29 is 9.90 Å². The van der Waals surface area contributed by atoms with E-state index in [0.29, 0.717) is 41.1 Å². The third-order valence-corrected chi connectivity index (χ3v) is 5.12. The van der Waals surface area contributed by atoms with Gasteiger partial charge in [-0.1, -0.05) is 17.9 Å². The molecule has 1 aromatic carbocycles. The number of nitrogens with zero attached hydrogens (tertiary/aromatic N) is 4. The number of hydrogen-bond donors (Lipinski definition) is 2. The van der Waals surface area contributed by atoms with Crippen molar-refractivity contribution in [2.45, 2.75) is 18.9 Å². The summed E-state index contributed by atoms with van der Waals surface area (Å²) in [5.74, 6) is 5.68. The topological polar surface area (TPSA) is 105 Å². The Hall–Kier alpha value is -3.44. The van der Waals surface area contributed by atoms with E-state index in [2.05, 4.69) is 26.8 Å². The van der Waals surface area contributed by atoms with Gasteiger partial charge in [0, 0.05) is 31.1 Å². The highest BCUT2D eigenvalue weighted by Crippen LogP contribution is 2.26. The van der Waals surface area contributed by atoms with Crippen LogP contribution in [0.5, 0.6) is 0 Å². The number of nitrogen functional groups attached to an aromatic ring is 1. The molecule has 1 fully saturated rings. The zero-order valence-electron chi connectivity index (χ0n) is 16.5. The first-order valence-electron chi connectivity index (χ1n) is 9.30. The minimum Gasteiger partial charge on any atom is -0.382 e. The second kappa shape index (κ2) is 6.87. The van der Waals surface area contributed by atoms with Gasteiger partial charge in [-0.2, -0.15) is 0 Å². The summed E-state index contributed by atoms with van der Waals surface area (Å²) < 4.78 is 0. The molecule has 3 heterocycles. The first kappa shape index (κ1) is 18.9. The van der Waals surface area contributed by atoms with Crippen molar-refractivity contribution in [2.24, 2.45) is 0 Å². The number of likely N-dealkylation sites (N-methyl/N-ethyl adjacent to an activating group) is 1. The van der Waals surface area contributed by atoms with Gasteiger partial charge < -0.3 is 15.7 Å². The van der Waals surface area contributed by atoms with Crippen molar-refractivity contribution in [3.05, 3.63) is 41.5 Å². The number of hydrogen-bond acceptors (Lipinski definition) is 6. The number of anilines is 1. The number of amides is 1. The molecule has 29 heavy (non-hydrogen) atoms. The van der Waals surface area contributed by atoms with Crippen molar-refractivity contribution >= 4 is 36.3 Å². The van der Waals surface area contributed by atoms with Gasteiger partial charge in [0.1, 0.15) is 5.52 Å². The molecule has 1 amide bonds. The van der Waals surface area contributed by atoms with E-state index in [1.807, 2.05) is 37.3 Å². The van der Waals surface area contributed by atoms with Crippen LogP contribution >= 0.6 is 0 Å². The SMILES string of the molecule is Bc1nc(N)c2nc(-c3cc(C#C[C@]4(O)CCN(C)C4=O)ccc3C)ccc2n1. The lowest BCUT2D eigenvalue weighted by Gasteiger charge is -2.13. The van der Waals surface area contributed by atoms with Crippen LogP contribution in [-0.4, -0.2) is 57.9 Å². The Bertz CT molecular complexity index is 1220. The number of rotatable bonds is 1. The number of pyridine rings is 1. The van der Waals surface area contributed by atoms with Crippen LogP contribution < -0.4 is 11.5 Å². The van der Waals surface area contributed by atoms with E-state index in [-0.39, 0.29) is 5.91 Å². The Kier molecular flexibility index (Phi) is 4.48. The quantitative estimate of drug-likeness (QED) is 0.444. The Balaban J connectivity index is 1.74. The average molecular weight is 385 g/mol. The van der Waals surface area contributed by atoms with Gasteiger partial charge >= 0.3 is 0 Å². The predicted molar refractivity (Wildman–Crippen MR) is 114 cm³/mol. The average Bonchev–Trinajstić information content (AvgIpc) is 2.95. The van der Waals surface area contributed by atoms with Crippen LogP contribution in [-0.2, 0) is 4.79 Å². The van der Waals surface area contributed by atoms with Crippen LogP contribution in [0.3, 0.4) is 0 Å². The molecule has 0 spiro atoms. The van der Waals surface area contributed by atoms with Gasteiger partial charge in [0.05, 0.1) is 16.9 Å². The number of aliphatic hydroxyl groups is 1. The van der Waals surface area contributed by atoms with E-state index in [1.165, 1.54) is 4.90 Å². The van der Waals surface area contributed by atoms with Crippen molar-refractivity contribution in [3.63, 3.8) is 0 Å². The standard InChI is InChI=1S/C21H20BN5O2/c1-12-3-4-13(7-8-21(29)9-10-27(2)19(21)28)11-14(12)15-5-6-16-17(24-15)18(23)26-20(22)25-16/h3-6,11,29H,9-10,22H2,1-2H3,(H2,23,25,26)/t21-/m0/s1. The second-order valence-corrected chi connectivity index (χ2v) is 7.34. The molecule has 0 saturated carbocycles. The lowest BCUT2D eigenvalue weighted by Crippen LogP contribution is -2.37. The smallest absolute Gasteiger partial charge is 0.267 e. The van der Waals surface area contributed by atoms with Crippen LogP contribution in [0, 0.1) is 18.8 Å². The highest BCUT2D eigenvalue weighted by atomic mass is 16.3. The second-order valence-electron chi connectivity index (χ2n) is 7.34. The zero-order valence-corrected chi connectivity index (χ0v) is 16.5. The molecule has 7 nitrogen and oxygen atoms in total. The first-order chi connectivity index (χ1) is 13.8. The highest BCUT2D eigenvalue weighted by molar-refractivity contribution is 6.29. The van der Waals surface area contributed by atoms with E-state index in [0.717, 1.165) is 16.8 Å². The Morgan fingerprint density at radius 1 is 1.24 bits per heavy atom. The third-order valence-electron chi connectivity index (χ3n) is 5.12. The number of carbonyl (C=O) groups excluding carboxylic acids is 1. The highest BCUT2D eigenvalue weighted by Gasteiger charge is 2.42. The summed E-state index contributed by atoms with van der Waals surface area (Å²) in [4.78, 5) is 26.8. The van der Waals surface area contributed by atoms with Crippen molar-refractivity contribution in [1.82, 2.24) is 19.9 Å². The Morgan fingerprint density at radius 2 is 2.03 bits per heavy atom. The maximum atomic E-state index is 12.1. The molecule has 0 bridgehead atoms. The van der Waals surface area contributed by atoms with Gasteiger partial charge in [-0.15, -0.1) is 0 Å². The van der Waals surface area contributed by atoms with Crippen LogP contribution in [0.2, 0.25) is 0 Å². The Morgan fingerprint density at radius 3 is 2.76 bits per heavy atom. The fourth-order valence-electron chi connectivity index (χ4n) is 3.43. The first-order valence-corrected chi connectivity index (χ1v) is 9.30. The molecule has 1 aliphatic rings. The minimum atomic E-state index is -1.62. The molecule has 0 radical (unpaired) electrons. The normalized spacial score (nSPS) is 18.7. The summed E-state index contributed by atoms with van der Waals surface area (Å²) in [5.41, 5.74) is 9.58. The summed E-state index contributed by atoms with van der Waals surface area (Å²) in [6.07, 6.45) is 0.305. The molecule has 8 heteroatoms.